The van der Waals surface area contributed by atoms with E-state index < -0.39 is 16.0 Å². The van der Waals surface area contributed by atoms with Gasteiger partial charge in [-0.3, -0.25) is 4.79 Å². The number of imidazole rings is 1. The Morgan fingerprint density at radius 2 is 1.93 bits per heavy atom. The predicted molar refractivity (Wildman–Crippen MR) is 114 cm³/mol. The number of carboxylic acids is 1. The minimum Gasteiger partial charge on any atom is -0.481 e. The molecule has 0 aliphatic carbocycles. The van der Waals surface area contributed by atoms with E-state index in [1.54, 1.807) is 36.4 Å². The van der Waals surface area contributed by atoms with Crippen LogP contribution in [0.5, 0.6) is 0 Å². The Morgan fingerprint density at radius 1 is 1.17 bits per heavy atom. The summed E-state index contributed by atoms with van der Waals surface area (Å²) >= 11 is 6.21. The number of aromatic amines is 1. The molecule has 7 nitrogen and oxygen atoms in total. The fourth-order valence-corrected chi connectivity index (χ4v) is 5.87. The Kier molecular flexibility index (Phi) is 5.81. The van der Waals surface area contributed by atoms with Crippen LogP contribution < -0.4 is 0 Å². The van der Waals surface area contributed by atoms with Crippen LogP contribution in [0.3, 0.4) is 0 Å². The van der Waals surface area contributed by atoms with Crippen molar-refractivity contribution in [1.82, 2.24) is 14.3 Å². The number of nitrogens with zero attached hydrogens (tertiary/aromatic N) is 2. The van der Waals surface area contributed by atoms with Gasteiger partial charge in [-0.05, 0) is 42.5 Å². The Balaban J connectivity index is 1.61. The Hall–Kier alpha value is -2.42. The number of benzene rings is 2. The number of hydrogen-bond acceptors (Lipinski definition) is 4. The molecule has 0 radical (unpaired) electrons. The summed E-state index contributed by atoms with van der Waals surface area (Å²) in [6.45, 7) is 0.553. The number of H-pyrrole nitrogens is 1. The van der Waals surface area contributed by atoms with E-state index in [-0.39, 0.29) is 29.7 Å². The quantitative estimate of drug-likeness (QED) is 0.601. The summed E-state index contributed by atoms with van der Waals surface area (Å²) < 4.78 is 27.6. The molecular formula is C21H22ClN3O4S. The molecule has 9 heteroatoms. The number of fused-ring (bicyclic) bond motifs is 1. The number of nitrogens with one attached hydrogen (secondary N) is 1. The zero-order valence-corrected chi connectivity index (χ0v) is 17.7. The minimum atomic E-state index is -3.64. The van der Waals surface area contributed by atoms with Gasteiger partial charge >= 0.3 is 5.97 Å². The lowest BCUT2D eigenvalue weighted by molar-refractivity contribution is -0.138. The van der Waals surface area contributed by atoms with E-state index >= 15 is 0 Å². The summed E-state index contributed by atoms with van der Waals surface area (Å²) in [5, 5.41) is 9.87. The molecule has 1 saturated heterocycles. The number of sulfonamides is 1. The number of aliphatic carboxylic acids is 1. The van der Waals surface area contributed by atoms with Crippen molar-refractivity contribution in [2.75, 3.05) is 13.1 Å². The zero-order chi connectivity index (χ0) is 21.3. The van der Waals surface area contributed by atoms with Crippen LogP contribution in [-0.2, 0) is 21.2 Å². The van der Waals surface area contributed by atoms with Crippen LogP contribution in [0.25, 0.3) is 11.0 Å². The highest BCUT2D eigenvalue weighted by molar-refractivity contribution is 7.89. The SMILES string of the molecule is O=C(O)C[C@@H]1CCN(S(=O)(=O)c2ccccc2)C[C@@H]1Cc1nc2c(Cl)cccc2[nH]1. The first-order valence-electron chi connectivity index (χ1n) is 9.74. The van der Waals surface area contributed by atoms with Crippen molar-refractivity contribution < 1.29 is 18.3 Å². The second kappa shape index (κ2) is 8.37. The summed E-state index contributed by atoms with van der Waals surface area (Å²) in [4.78, 5) is 19.4. The number of carboxylic acid groups (broad SMARTS) is 1. The molecule has 158 valence electrons. The third-order valence-electron chi connectivity index (χ3n) is 5.64. The molecule has 0 amide bonds. The third kappa shape index (κ3) is 4.21. The van der Waals surface area contributed by atoms with Gasteiger partial charge in [0.25, 0.3) is 0 Å². The Morgan fingerprint density at radius 3 is 2.63 bits per heavy atom. The normalized spacial score (nSPS) is 20.4. The van der Waals surface area contributed by atoms with E-state index in [0.717, 1.165) is 5.52 Å². The van der Waals surface area contributed by atoms with Crippen LogP contribution >= 0.6 is 11.6 Å². The molecule has 1 fully saturated rings. The van der Waals surface area contributed by atoms with E-state index in [1.165, 1.54) is 4.31 Å². The highest BCUT2D eigenvalue weighted by atomic mass is 35.5. The molecule has 1 aliphatic rings. The van der Waals surface area contributed by atoms with Crippen LogP contribution in [0.4, 0.5) is 0 Å². The Labute approximate surface area is 179 Å². The van der Waals surface area contributed by atoms with Gasteiger partial charge in [0.1, 0.15) is 11.3 Å². The lowest BCUT2D eigenvalue weighted by Gasteiger charge is -2.37. The van der Waals surface area contributed by atoms with Gasteiger partial charge in [0.05, 0.1) is 15.4 Å². The molecule has 0 saturated carbocycles. The summed E-state index contributed by atoms with van der Waals surface area (Å²) in [5.74, 6) is -0.504. The monoisotopic (exact) mass is 447 g/mol. The van der Waals surface area contributed by atoms with Crippen LogP contribution in [0, 0.1) is 11.8 Å². The van der Waals surface area contributed by atoms with E-state index in [2.05, 4.69) is 9.97 Å². The average molecular weight is 448 g/mol. The van der Waals surface area contributed by atoms with Gasteiger partial charge in [0.15, 0.2) is 0 Å². The predicted octanol–water partition coefficient (Wildman–Crippen LogP) is 3.56. The third-order valence-corrected chi connectivity index (χ3v) is 7.82. The highest BCUT2D eigenvalue weighted by Crippen LogP contribution is 2.33. The van der Waals surface area contributed by atoms with Gasteiger partial charge in [-0.15, -0.1) is 0 Å². The van der Waals surface area contributed by atoms with Crippen LogP contribution in [0.2, 0.25) is 5.02 Å². The minimum absolute atomic E-state index is 0.00484. The van der Waals surface area contributed by atoms with E-state index in [9.17, 15) is 18.3 Å². The number of hydrogen-bond donors (Lipinski definition) is 2. The van der Waals surface area contributed by atoms with Gasteiger partial charge < -0.3 is 10.1 Å². The molecule has 0 unspecified atom stereocenters. The second-order valence-corrected chi connectivity index (χ2v) is 9.95. The van der Waals surface area contributed by atoms with Crippen LogP contribution in [-0.4, -0.2) is 46.9 Å². The summed E-state index contributed by atoms with van der Waals surface area (Å²) in [5.41, 5.74) is 1.46. The number of aromatic nitrogens is 2. The first kappa shape index (κ1) is 20.8. The van der Waals surface area contributed by atoms with Crippen molar-refractivity contribution in [3.8, 4) is 0 Å². The lowest BCUT2D eigenvalue weighted by atomic mass is 9.82. The molecule has 2 heterocycles. The lowest BCUT2D eigenvalue weighted by Crippen LogP contribution is -2.45. The first-order valence-corrected chi connectivity index (χ1v) is 11.6. The van der Waals surface area contributed by atoms with Crippen molar-refractivity contribution in [3.05, 3.63) is 59.4 Å². The smallest absolute Gasteiger partial charge is 0.303 e. The maximum absolute atomic E-state index is 13.1. The Bertz CT molecular complexity index is 1160. The molecule has 2 atom stereocenters. The van der Waals surface area contributed by atoms with Crippen LogP contribution in [0.1, 0.15) is 18.7 Å². The fourth-order valence-electron chi connectivity index (χ4n) is 4.12. The maximum atomic E-state index is 13.1. The summed E-state index contributed by atoms with van der Waals surface area (Å²) in [7, 11) is -3.64. The van der Waals surface area contributed by atoms with Gasteiger partial charge in [-0.2, -0.15) is 4.31 Å². The van der Waals surface area contributed by atoms with Crippen LogP contribution in [0.15, 0.2) is 53.4 Å². The van der Waals surface area contributed by atoms with E-state index in [0.29, 0.717) is 35.8 Å². The second-order valence-electron chi connectivity index (χ2n) is 7.61. The fraction of sp³-hybridized carbons (Fsp3) is 0.333. The molecule has 4 rings (SSSR count). The molecule has 1 aromatic heterocycles. The average Bonchev–Trinajstić information content (AvgIpc) is 3.13. The molecule has 3 aromatic rings. The zero-order valence-electron chi connectivity index (χ0n) is 16.2. The van der Waals surface area contributed by atoms with Crippen molar-refractivity contribution in [2.45, 2.75) is 24.2 Å². The van der Waals surface area contributed by atoms with Crippen molar-refractivity contribution in [3.63, 3.8) is 0 Å². The number of para-hydroxylation sites is 1. The van der Waals surface area contributed by atoms with Gasteiger partial charge in [-0.25, -0.2) is 13.4 Å². The van der Waals surface area contributed by atoms with E-state index in [1.807, 2.05) is 12.1 Å². The molecule has 2 N–H and O–H groups in total. The van der Waals surface area contributed by atoms with E-state index in [4.69, 9.17) is 11.6 Å². The van der Waals surface area contributed by atoms with Gasteiger partial charge in [0.2, 0.25) is 10.0 Å². The van der Waals surface area contributed by atoms with Crippen molar-refractivity contribution >= 4 is 38.6 Å². The standard InChI is InChI=1S/C21H22ClN3O4S/c22-17-7-4-8-18-21(17)24-19(23-18)11-15-13-25(10-9-14(15)12-20(26)27)30(28,29)16-5-2-1-3-6-16/h1-8,14-15H,9-13H2,(H,23,24)(H,26,27)/t14-,15-/m0/s1. The molecule has 0 bridgehead atoms. The highest BCUT2D eigenvalue weighted by Gasteiger charge is 2.36. The summed E-state index contributed by atoms with van der Waals surface area (Å²) in [6.07, 6.45) is 0.943. The molecular weight excluding hydrogens is 426 g/mol. The molecule has 2 aromatic carbocycles. The molecule has 30 heavy (non-hydrogen) atoms. The maximum Gasteiger partial charge on any atom is 0.303 e. The number of carbonyl (C=O) groups is 1. The topological polar surface area (TPSA) is 103 Å². The molecule has 1 aliphatic heterocycles. The largest absolute Gasteiger partial charge is 0.481 e. The van der Waals surface area contributed by atoms with Crippen molar-refractivity contribution in [2.24, 2.45) is 11.8 Å². The molecule has 0 spiro atoms. The number of piperidine rings is 1. The number of rotatable bonds is 6. The first-order chi connectivity index (χ1) is 14.3. The van der Waals surface area contributed by atoms with Gasteiger partial charge in [-0.1, -0.05) is 35.9 Å². The number of halogens is 1. The van der Waals surface area contributed by atoms with Gasteiger partial charge in [0, 0.05) is 25.9 Å². The summed E-state index contributed by atoms with van der Waals surface area (Å²) in [6, 6.07) is 13.8. The van der Waals surface area contributed by atoms with Crippen molar-refractivity contribution in [1.29, 1.82) is 0 Å².